The van der Waals surface area contributed by atoms with Crippen LogP contribution >= 0.6 is 0 Å². The molecule has 0 heterocycles. The van der Waals surface area contributed by atoms with E-state index in [1.165, 1.54) is 0 Å². The van der Waals surface area contributed by atoms with Crippen LogP contribution in [0.25, 0.3) is 0 Å². The molecule has 0 bridgehead atoms. The van der Waals surface area contributed by atoms with Crippen LogP contribution in [0.1, 0.15) is 28.3 Å². The van der Waals surface area contributed by atoms with Gasteiger partial charge < -0.3 is 15.5 Å². The molecule has 3 aromatic carbocycles. The molecule has 5 heteroatoms. The normalized spacial score (nSPS) is 12.6. The summed E-state index contributed by atoms with van der Waals surface area (Å²) in [6.45, 7) is 4.39. The summed E-state index contributed by atoms with van der Waals surface area (Å²) < 4.78 is 0. The summed E-state index contributed by atoms with van der Waals surface area (Å²) >= 11 is 0. The van der Waals surface area contributed by atoms with Crippen molar-refractivity contribution in [2.45, 2.75) is 26.3 Å². The topological polar surface area (TPSA) is 62.6 Å². The molecule has 0 aliphatic carbocycles. The SMILES string of the molecule is Cc1cccc(C)c1NC(=O)C[NH+](C)CC(=O)N[C@H](Cc1ccccc1)c1ccccc1. The minimum atomic E-state index is -0.123. The van der Waals surface area contributed by atoms with Crippen molar-refractivity contribution in [3.05, 3.63) is 101 Å². The molecule has 0 radical (unpaired) electrons. The van der Waals surface area contributed by atoms with Gasteiger partial charge in [-0.15, -0.1) is 0 Å². The lowest BCUT2D eigenvalue weighted by Crippen LogP contribution is -3.11. The van der Waals surface area contributed by atoms with Crippen LogP contribution in [0.3, 0.4) is 0 Å². The van der Waals surface area contributed by atoms with Crippen molar-refractivity contribution in [2.75, 3.05) is 25.5 Å². The highest BCUT2D eigenvalue weighted by atomic mass is 16.2. The Balaban J connectivity index is 1.58. The average Bonchev–Trinajstić information content (AvgIpc) is 2.77. The van der Waals surface area contributed by atoms with E-state index in [9.17, 15) is 9.59 Å². The Bertz CT molecular complexity index is 1020. The number of aryl methyl sites for hydroxylation is 2. The summed E-state index contributed by atoms with van der Waals surface area (Å²) in [5, 5.41) is 6.15. The molecule has 0 aliphatic rings. The first-order chi connectivity index (χ1) is 15.4. The zero-order valence-corrected chi connectivity index (χ0v) is 19.0. The summed E-state index contributed by atoms with van der Waals surface area (Å²) in [7, 11) is 1.86. The van der Waals surface area contributed by atoms with Crippen molar-refractivity contribution < 1.29 is 14.5 Å². The van der Waals surface area contributed by atoms with Crippen LogP contribution in [0.5, 0.6) is 0 Å². The highest BCUT2D eigenvalue weighted by molar-refractivity contribution is 5.93. The number of quaternary nitrogens is 1. The van der Waals surface area contributed by atoms with E-state index in [0.29, 0.717) is 6.42 Å². The number of likely N-dealkylation sites (N-methyl/N-ethyl adjacent to an activating group) is 1. The van der Waals surface area contributed by atoms with Gasteiger partial charge in [0.2, 0.25) is 0 Å². The van der Waals surface area contributed by atoms with Gasteiger partial charge in [0.05, 0.1) is 13.1 Å². The lowest BCUT2D eigenvalue weighted by molar-refractivity contribution is -0.862. The number of nitrogens with one attached hydrogen (secondary N) is 3. The van der Waals surface area contributed by atoms with Gasteiger partial charge in [0.1, 0.15) is 0 Å². The van der Waals surface area contributed by atoms with Crippen LogP contribution in [0.15, 0.2) is 78.9 Å². The van der Waals surface area contributed by atoms with E-state index in [2.05, 4.69) is 22.8 Å². The Hall–Kier alpha value is -3.44. The fourth-order valence-corrected chi connectivity index (χ4v) is 3.84. The summed E-state index contributed by atoms with van der Waals surface area (Å²) in [5.74, 6) is -0.177. The Morgan fingerprint density at radius 1 is 0.781 bits per heavy atom. The van der Waals surface area contributed by atoms with Crippen LogP contribution in [0, 0.1) is 13.8 Å². The molecule has 32 heavy (non-hydrogen) atoms. The first kappa shape index (κ1) is 23.2. The van der Waals surface area contributed by atoms with E-state index in [1.807, 2.05) is 87.6 Å². The third kappa shape index (κ3) is 6.79. The molecule has 3 rings (SSSR count). The molecule has 0 saturated carbocycles. The quantitative estimate of drug-likeness (QED) is 0.489. The first-order valence-electron chi connectivity index (χ1n) is 11.0. The second-order valence-corrected chi connectivity index (χ2v) is 8.35. The molecule has 2 atom stereocenters. The lowest BCUT2D eigenvalue weighted by atomic mass is 9.99. The van der Waals surface area contributed by atoms with Gasteiger partial charge in [-0.2, -0.15) is 0 Å². The van der Waals surface area contributed by atoms with Crippen LogP contribution in [0.2, 0.25) is 0 Å². The van der Waals surface area contributed by atoms with Crippen LogP contribution in [-0.2, 0) is 16.0 Å². The molecular formula is C27H32N3O2+. The maximum atomic E-state index is 12.8. The highest BCUT2D eigenvalue weighted by Gasteiger charge is 2.19. The largest absolute Gasteiger partial charge is 0.344 e. The maximum Gasteiger partial charge on any atom is 0.279 e. The smallest absolute Gasteiger partial charge is 0.279 e. The molecule has 0 fully saturated rings. The van der Waals surface area contributed by atoms with Crippen LogP contribution in [-0.4, -0.2) is 32.0 Å². The Morgan fingerprint density at radius 2 is 1.34 bits per heavy atom. The number of rotatable bonds is 9. The van der Waals surface area contributed by atoms with Gasteiger partial charge >= 0.3 is 0 Å². The average molecular weight is 431 g/mol. The molecule has 3 N–H and O–H groups in total. The number of para-hydroxylation sites is 1. The molecule has 166 valence electrons. The predicted octanol–water partition coefficient (Wildman–Crippen LogP) is 2.86. The number of hydrogen-bond donors (Lipinski definition) is 3. The van der Waals surface area contributed by atoms with Crippen molar-refractivity contribution >= 4 is 17.5 Å². The monoisotopic (exact) mass is 430 g/mol. The van der Waals surface area contributed by atoms with Crippen molar-refractivity contribution in [1.29, 1.82) is 0 Å². The number of carbonyl (C=O) groups excluding carboxylic acids is 2. The predicted molar refractivity (Wildman–Crippen MR) is 129 cm³/mol. The van der Waals surface area contributed by atoms with Crippen molar-refractivity contribution in [2.24, 2.45) is 0 Å². The number of amides is 2. The van der Waals surface area contributed by atoms with E-state index in [4.69, 9.17) is 0 Å². The second-order valence-electron chi connectivity index (χ2n) is 8.35. The van der Waals surface area contributed by atoms with Gasteiger partial charge in [-0.3, -0.25) is 9.59 Å². The minimum absolute atomic E-state index is 0.0767. The highest BCUT2D eigenvalue weighted by Crippen LogP contribution is 2.19. The fourth-order valence-electron chi connectivity index (χ4n) is 3.84. The first-order valence-corrected chi connectivity index (χ1v) is 11.0. The summed E-state index contributed by atoms with van der Waals surface area (Å²) in [4.78, 5) is 26.2. The van der Waals surface area contributed by atoms with Gasteiger partial charge in [0.25, 0.3) is 11.8 Å². The van der Waals surface area contributed by atoms with Gasteiger partial charge in [0.15, 0.2) is 13.1 Å². The zero-order valence-electron chi connectivity index (χ0n) is 19.0. The second kappa shape index (κ2) is 11.3. The maximum absolute atomic E-state index is 12.8. The van der Waals surface area contributed by atoms with Crippen LogP contribution in [0.4, 0.5) is 5.69 Å². The zero-order chi connectivity index (χ0) is 22.9. The van der Waals surface area contributed by atoms with Crippen molar-refractivity contribution in [3.63, 3.8) is 0 Å². The Labute approximate surface area is 190 Å². The molecular weight excluding hydrogens is 398 g/mol. The van der Waals surface area contributed by atoms with E-state index >= 15 is 0 Å². The van der Waals surface area contributed by atoms with Gasteiger partial charge in [-0.25, -0.2) is 0 Å². The van der Waals surface area contributed by atoms with E-state index < -0.39 is 0 Å². The minimum Gasteiger partial charge on any atom is -0.344 e. The molecule has 0 spiro atoms. The molecule has 1 unspecified atom stereocenters. The van der Waals surface area contributed by atoms with Gasteiger partial charge in [-0.1, -0.05) is 78.9 Å². The third-order valence-corrected chi connectivity index (χ3v) is 5.49. The fraction of sp³-hybridized carbons (Fsp3) is 0.259. The summed E-state index contributed by atoms with van der Waals surface area (Å²) in [6, 6.07) is 25.9. The van der Waals surface area contributed by atoms with E-state index in [-0.39, 0.29) is 30.9 Å². The molecule has 5 nitrogen and oxygen atoms in total. The molecule has 2 amide bonds. The van der Waals surface area contributed by atoms with E-state index in [0.717, 1.165) is 32.8 Å². The summed E-state index contributed by atoms with van der Waals surface area (Å²) in [6.07, 6.45) is 0.711. The molecule has 0 saturated heterocycles. The standard InChI is InChI=1S/C27H31N3O2/c1-20-11-10-12-21(2)27(20)29-26(32)19-30(3)18-25(31)28-24(23-15-8-5-9-16-23)17-22-13-6-4-7-14-22/h4-16,24H,17-19H2,1-3H3,(H,28,31)(H,29,32)/p+1/t24-/m1/s1. The van der Waals surface area contributed by atoms with Crippen molar-refractivity contribution in [1.82, 2.24) is 5.32 Å². The van der Waals surface area contributed by atoms with Crippen molar-refractivity contribution in [3.8, 4) is 0 Å². The molecule has 0 aliphatic heterocycles. The van der Waals surface area contributed by atoms with Crippen LogP contribution < -0.4 is 15.5 Å². The lowest BCUT2D eigenvalue weighted by Gasteiger charge is -2.21. The number of carbonyl (C=O) groups is 2. The molecule has 3 aromatic rings. The Morgan fingerprint density at radius 3 is 1.97 bits per heavy atom. The van der Waals surface area contributed by atoms with Gasteiger partial charge in [0, 0.05) is 5.69 Å². The van der Waals surface area contributed by atoms with E-state index in [1.54, 1.807) is 0 Å². The summed E-state index contributed by atoms with van der Waals surface area (Å²) in [5.41, 5.74) is 5.13. The third-order valence-electron chi connectivity index (χ3n) is 5.49. The number of anilines is 1. The van der Waals surface area contributed by atoms with Gasteiger partial charge in [-0.05, 0) is 42.5 Å². The Kier molecular flexibility index (Phi) is 8.17. The number of benzene rings is 3. The number of hydrogen-bond acceptors (Lipinski definition) is 2. The molecule has 0 aromatic heterocycles.